The number of unbranched alkanes of at least 4 members (excludes halogenated alkanes) is 3. The Morgan fingerprint density at radius 1 is 1.10 bits per heavy atom. The summed E-state index contributed by atoms with van der Waals surface area (Å²) in [5.74, 6) is 0. The first kappa shape index (κ1) is 18.3. The molecule has 1 aliphatic rings. The van der Waals surface area contributed by atoms with Crippen LogP contribution < -0.4 is 5.32 Å². The summed E-state index contributed by atoms with van der Waals surface area (Å²) in [6, 6.07) is 0. The third-order valence-corrected chi connectivity index (χ3v) is 4.47. The van der Waals surface area contributed by atoms with Crippen molar-refractivity contribution in [3.63, 3.8) is 0 Å². The van der Waals surface area contributed by atoms with Crippen LogP contribution in [0.2, 0.25) is 0 Å². The van der Waals surface area contributed by atoms with Gasteiger partial charge in [-0.05, 0) is 19.3 Å². The lowest BCUT2D eigenvalue weighted by molar-refractivity contribution is 0.0229. The minimum Gasteiger partial charge on any atom is -0.449 e. The van der Waals surface area contributed by atoms with E-state index in [-0.39, 0.29) is 11.6 Å². The highest BCUT2D eigenvalue weighted by Gasteiger charge is 2.41. The van der Waals surface area contributed by atoms with Gasteiger partial charge in [0.05, 0.1) is 12.1 Å². The van der Waals surface area contributed by atoms with E-state index in [9.17, 15) is 4.79 Å². The standard InChI is InChI=1S/C17H34N2O2/c1-4-7-10-17(11-8-5-2)15-18-12-13-19(17)16(20)21-14-9-6-3/h18H,4-15H2,1-3H3. The summed E-state index contributed by atoms with van der Waals surface area (Å²) in [5, 5.41) is 3.50. The largest absolute Gasteiger partial charge is 0.449 e. The average molecular weight is 298 g/mol. The third kappa shape index (κ3) is 5.50. The number of carbonyl (C=O) groups is 1. The molecule has 4 heteroatoms. The van der Waals surface area contributed by atoms with Crippen LogP contribution in [0.4, 0.5) is 4.79 Å². The topological polar surface area (TPSA) is 41.6 Å². The molecule has 0 unspecified atom stereocenters. The summed E-state index contributed by atoms with van der Waals surface area (Å²) >= 11 is 0. The van der Waals surface area contributed by atoms with Crippen LogP contribution in [0.15, 0.2) is 0 Å². The average Bonchev–Trinajstić information content (AvgIpc) is 2.51. The summed E-state index contributed by atoms with van der Waals surface area (Å²) in [4.78, 5) is 14.5. The summed E-state index contributed by atoms with van der Waals surface area (Å²) in [7, 11) is 0. The number of piperazine rings is 1. The van der Waals surface area contributed by atoms with Crippen molar-refractivity contribution in [2.24, 2.45) is 0 Å². The first-order valence-electron chi connectivity index (χ1n) is 8.85. The Kier molecular flexibility index (Phi) is 8.74. The van der Waals surface area contributed by atoms with Crippen molar-refractivity contribution in [1.29, 1.82) is 0 Å². The van der Waals surface area contributed by atoms with Crippen molar-refractivity contribution < 1.29 is 9.53 Å². The first-order valence-corrected chi connectivity index (χ1v) is 8.85. The quantitative estimate of drug-likeness (QED) is 0.655. The van der Waals surface area contributed by atoms with Crippen LogP contribution in [0.25, 0.3) is 0 Å². The number of ether oxygens (including phenoxy) is 1. The number of nitrogens with one attached hydrogen (secondary N) is 1. The summed E-state index contributed by atoms with van der Waals surface area (Å²) in [5.41, 5.74) is -0.0342. The molecule has 1 fully saturated rings. The second kappa shape index (κ2) is 10.0. The number of hydrogen-bond acceptors (Lipinski definition) is 3. The van der Waals surface area contributed by atoms with Gasteiger partial charge >= 0.3 is 6.09 Å². The molecule has 1 rings (SSSR count). The second-order valence-electron chi connectivity index (χ2n) is 6.23. The molecule has 124 valence electrons. The number of rotatable bonds is 9. The molecule has 0 aromatic heterocycles. The number of amides is 1. The Morgan fingerprint density at radius 3 is 2.29 bits per heavy atom. The Bertz CT molecular complexity index is 287. The van der Waals surface area contributed by atoms with Crippen molar-refractivity contribution in [1.82, 2.24) is 10.2 Å². The van der Waals surface area contributed by atoms with Crippen LogP contribution >= 0.6 is 0 Å². The fraction of sp³-hybridized carbons (Fsp3) is 0.941. The van der Waals surface area contributed by atoms with Crippen LogP contribution in [-0.4, -0.2) is 42.8 Å². The lowest BCUT2D eigenvalue weighted by Crippen LogP contribution is -2.63. The van der Waals surface area contributed by atoms with Crippen molar-refractivity contribution in [3.05, 3.63) is 0 Å². The normalized spacial score (nSPS) is 17.8. The Labute approximate surface area is 130 Å². The second-order valence-corrected chi connectivity index (χ2v) is 6.23. The Balaban J connectivity index is 2.74. The predicted molar refractivity (Wildman–Crippen MR) is 87.6 cm³/mol. The summed E-state index contributed by atoms with van der Waals surface area (Å²) in [6.07, 6.45) is 8.77. The van der Waals surface area contributed by atoms with Crippen molar-refractivity contribution in [3.8, 4) is 0 Å². The van der Waals surface area contributed by atoms with Gasteiger partial charge in [-0.3, -0.25) is 4.90 Å². The van der Waals surface area contributed by atoms with E-state index in [1.807, 2.05) is 4.90 Å². The zero-order valence-corrected chi connectivity index (χ0v) is 14.2. The zero-order valence-electron chi connectivity index (χ0n) is 14.2. The number of carbonyl (C=O) groups excluding carboxylic acids is 1. The maximum atomic E-state index is 12.5. The Morgan fingerprint density at radius 2 is 1.71 bits per heavy atom. The monoisotopic (exact) mass is 298 g/mol. The van der Waals surface area contributed by atoms with E-state index in [0.29, 0.717) is 6.61 Å². The molecule has 0 atom stereocenters. The molecule has 1 amide bonds. The van der Waals surface area contributed by atoms with Gasteiger partial charge in [0.25, 0.3) is 0 Å². The maximum Gasteiger partial charge on any atom is 0.410 e. The molecule has 1 saturated heterocycles. The minimum atomic E-state index is -0.0999. The number of nitrogens with zero attached hydrogens (tertiary/aromatic N) is 1. The molecule has 0 radical (unpaired) electrons. The van der Waals surface area contributed by atoms with Gasteiger partial charge in [0.1, 0.15) is 0 Å². The molecular formula is C17H34N2O2. The van der Waals surface area contributed by atoms with Crippen molar-refractivity contribution >= 4 is 6.09 Å². The molecule has 4 nitrogen and oxygen atoms in total. The van der Waals surface area contributed by atoms with Gasteiger partial charge in [-0.25, -0.2) is 4.79 Å². The van der Waals surface area contributed by atoms with Gasteiger partial charge in [0.15, 0.2) is 0 Å². The van der Waals surface area contributed by atoms with Crippen molar-refractivity contribution in [2.45, 2.75) is 77.7 Å². The SMILES string of the molecule is CCCCOC(=O)N1CCNCC1(CCCC)CCCC. The van der Waals surface area contributed by atoms with Crippen LogP contribution in [0.3, 0.4) is 0 Å². The highest BCUT2D eigenvalue weighted by molar-refractivity contribution is 5.69. The van der Waals surface area contributed by atoms with E-state index >= 15 is 0 Å². The fourth-order valence-electron chi connectivity index (χ4n) is 3.09. The van der Waals surface area contributed by atoms with E-state index in [1.54, 1.807) is 0 Å². The highest BCUT2D eigenvalue weighted by atomic mass is 16.6. The summed E-state index contributed by atoms with van der Waals surface area (Å²) in [6.45, 7) is 9.67. The van der Waals surface area contributed by atoms with Gasteiger partial charge in [0, 0.05) is 19.6 Å². The van der Waals surface area contributed by atoms with E-state index in [0.717, 1.165) is 45.3 Å². The van der Waals surface area contributed by atoms with Crippen molar-refractivity contribution in [2.75, 3.05) is 26.2 Å². The molecule has 0 aromatic rings. The third-order valence-electron chi connectivity index (χ3n) is 4.47. The van der Waals surface area contributed by atoms with Gasteiger partial charge in [-0.1, -0.05) is 52.9 Å². The molecule has 0 bridgehead atoms. The van der Waals surface area contributed by atoms with E-state index in [4.69, 9.17) is 4.74 Å². The molecule has 1 heterocycles. The van der Waals surface area contributed by atoms with Gasteiger partial charge in [-0.15, -0.1) is 0 Å². The smallest absolute Gasteiger partial charge is 0.410 e. The highest BCUT2D eigenvalue weighted by Crippen LogP contribution is 2.30. The van der Waals surface area contributed by atoms with Crippen LogP contribution in [-0.2, 0) is 4.74 Å². The lowest BCUT2D eigenvalue weighted by Gasteiger charge is -2.47. The predicted octanol–water partition coefficient (Wildman–Crippen LogP) is 3.95. The van der Waals surface area contributed by atoms with Gasteiger partial charge < -0.3 is 10.1 Å². The molecule has 0 aliphatic carbocycles. The molecule has 1 aliphatic heterocycles. The molecule has 0 spiro atoms. The summed E-state index contributed by atoms with van der Waals surface area (Å²) < 4.78 is 5.50. The lowest BCUT2D eigenvalue weighted by atomic mass is 9.84. The molecular weight excluding hydrogens is 264 g/mol. The van der Waals surface area contributed by atoms with Crippen LogP contribution in [0.5, 0.6) is 0 Å². The maximum absolute atomic E-state index is 12.5. The van der Waals surface area contributed by atoms with E-state index in [1.165, 1.54) is 25.7 Å². The number of hydrogen-bond donors (Lipinski definition) is 1. The molecule has 0 saturated carbocycles. The van der Waals surface area contributed by atoms with Crippen LogP contribution in [0.1, 0.15) is 72.1 Å². The molecule has 21 heavy (non-hydrogen) atoms. The van der Waals surface area contributed by atoms with Gasteiger partial charge in [-0.2, -0.15) is 0 Å². The molecule has 0 aromatic carbocycles. The molecule has 1 N–H and O–H groups in total. The first-order chi connectivity index (χ1) is 10.2. The van der Waals surface area contributed by atoms with E-state index in [2.05, 4.69) is 26.1 Å². The Hall–Kier alpha value is -0.770. The minimum absolute atomic E-state index is 0.0342. The van der Waals surface area contributed by atoms with E-state index < -0.39 is 0 Å². The van der Waals surface area contributed by atoms with Gasteiger partial charge in [0.2, 0.25) is 0 Å². The fourth-order valence-corrected chi connectivity index (χ4v) is 3.09. The van der Waals surface area contributed by atoms with Crippen LogP contribution in [0, 0.1) is 0 Å². The zero-order chi connectivity index (χ0) is 15.6.